The molecule has 0 radical (unpaired) electrons. The van der Waals surface area contributed by atoms with Crippen LogP contribution >= 0.6 is 0 Å². The van der Waals surface area contributed by atoms with Gasteiger partial charge in [0.05, 0.1) is 30.8 Å². The van der Waals surface area contributed by atoms with Gasteiger partial charge in [0.25, 0.3) is 0 Å². The molecule has 2 unspecified atom stereocenters. The highest BCUT2D eigenvalue weighted by Crippen LogP contribution is 2.40. The number of fused-ring (bicyclic) bond motifs is 1. The van der Waals surface area contributed by atoms with Crippen LogP contribution < -0.4 is 4.74 Å². The molecule has 184 valence electrons. The normalized spacial score (nSPS) is 23.5. The van der Waals surface area contributed by atoms with E-state index < -0.39 is 6.10 Å². The van der Waals surface area contributed by atoms with Gasteiger partial charge in [-0.3, -0.25) is 4.90 Å². The fourth-order valence-corrected chi connectivity index (χ4v) is 5.44. The minimum absolute atomic E-state index is 0.204. The number of aryl methyl sites for hydroxylation is 2. The van der Waals surface area contributed by atoms with Crippen LogP contribution in [0.2, 0.25) is 0 Å². The zero-order chi connectivity index (χ0) is 23.7. The van der Waals surface area contributed by atoms with Gasteiger partial charge < -0.3 is 19.7 Å². The van der Waals surface area contributed by atoms with E-state index in [1.54, 1.807) is 0 Å². The van der Waals surface area contributed by atoms with Gasteiger partial charge in [-0.2, -0.15) is 0 Å². The number of aliphatic hydroxyl groups is 2. The average Bonchev–Trinajstić information content (AvgIpc) is 3.46. The van der Waals surface area contributed by atoms with Crippen LogP contribution in [0.15, 0.2) is 29.5 Å². The molecular weight excluding hydrogens is 432 g/mol. The van der Waals surface area contributed by atoms with Gasteiger partial charge in [0.1, 0.15) is 12.4 Å². The molecule has 2 N–H and O–H groups in total. The van der Waals surface area contributed by atoms with E-state index in [0.717, 1.165) is 57.0 Å². The molecule has 2 aromatic rings. The summed E-state index contributed by atoms with van der Waals surface area (Å²) in [5.74, 6) is 0.947. The van der Waals surface area contributed by atoms with Crippen LogP contribution in [0.1, 0.15) is 56.0 Å². The number of aliphatic hydroxyl groups excluding tert-OH is 2. The van der Waals surface area contributed by atoms with Crippen molar-refractivity contribution < 1.29 is 19.7 Å². The smallest absolute Gasteiger partial charge is 0.321 e. The summed E-state index contributed by atoms with van der Waals surface area (Å²) in [5, 5.41) is 30.3. The second-order valence-corrected chi connectivity index (χ2v) is 9.99. The van der Waals surface area contributed by atoms with Crippen molar-refractivity contribution in [1.82, 2.24) is 19.7 Å². The van der Waals surface area contributed by atoms with Crippen molar-refractivity contribution in [1.29, 1.82) is 0 Å². The van der Waals surface area contributed by atoms with Crippen molar-refractivity contribution in [2.75, 3.05) is 39.5 Å². The van der Waals surface area contributed by atoms with E-state index in [2.05, 4.69) is 47.1 Å². The lowest BCUT2D eigenvalue weighted by atomic mass is 9.80. The molecule has 1 aromatic carbocycles. The van der Waals surface area contributed by atoms with Crippen LogP contribution in [0.25, 0.3) is 5.69 Å². The zero-order valence-corrected chi connectivity index (χ0v) is 20.2. The lowest BCUT2D eigenvalue weighted by Crippen LogP contribution is -2.38. The maximum Gasteiger partial charge on any atom is 0.321 e. The molecule has 2 aliphatic carbocycles. The first-order valence-corrected chi connectivity index (χ1v) is 12.6. The molecule has 1 aromatic heterocycles. The average molecular weight is 469 g/mol. The molecule has 34 heavy (non-hydrogen) atoms. The van der Waals surface area contributed by atoms with Crippen LogP contribution in [0, 0.1) is 5.92 Å². The van der Waals surface area contributed by atoms with E-state index in [4.69, 9.17) is 9.47 Å². The minimum Gasteiger partial charge on any atom is -0.512 e. The molecule has 8 heteroatoms. The topological polar surface area (TPSA) is 92.9 Å². The van der Waals surface area contributed by atoms with Gasteiger partial charge in [0, 0.05) is 32.0 Å². The quantitative estimate of drug-likeness (QED) is 0.645. The molecular formula is C26H36N4O4. The van der Waals surface area contributed by atoms with Crippen molar-refractivity contribution in [2.24, 2.45) is 5.92 Å². The molecule has 2 atom stereocenters. The molecule has 1 saturated heterocycles. The molecule has 2 heterocycles. The first-order chi connectivity index (χ1) is 16.5. The van der Waals surface area contributed by atoms with Crippen LogP contribution in [-0.2, 0) is 17.6 Å². The van der Waals surface area contributed by atoms with Crippen molar-refractivity contribution in [2.45, 2.75) is 58.0 Å². The molecule has 0 spiro atoms. The predicted molar refractivity (Wildman–Crippen MR) is 129 cm³/mol. The van der Waals surface area contributed by atoms with E-state index in [1.807, 2.05) is 4.57 Å². The van der Waals surface area contributed by atoms with Crippen LogP contribution in [0.3, 0.4) is 0 Å². The van der Waals surface area contributed by atoms with Crippen molar-refractivity contribution in [3.63, 3.8) is 0 Å². The van der Waals surface area contributed by atoms with Gasteiger partial charge in [-0.1, -0.05) is 25.0 Å². The number of hydrogen-bond donors (Lipinski definition) is 2. The number of hydrogen-bond acceptors (Lipinski definition) is 7. The molecule has 3 aliphatic rings. The van der Waals surface area contributed by atoms with Crippen molar-refractivity contribution >= 4 is 0 Å². The van der Waals surface area contributed by atoms with Crippen LogP contribution in [0.5, 0.6) is 6.01 Å². The summed E-state index contributed by atoms with van der Waals surface area (Å²) in [4.78, 5) is 2.33. The molecule has 8 nitrogen and oxygen atoms in total. The van der Waals surface area contributed by atoms with E-state index >= 15 is 0 Å². The van der Waals surface area contributed by atoms with E-state index in [1.165, 1.54) is 17.5 Å². The Morgan fingerprint density at radius 1 is 1.12 bits per heavy atom. The highest BCUT2D eigenvalue weighted by molar-refractivity contribution is 5.45. The standard InChI is InChI=1S/C26H36N4O4/c1-17(2)21-15-22(24(32)16-23(21)31)25-27-28-26(34-13-10-29-8-11-33-12-9-29)30(25)20-7-6-18-4-3-5-19(18)14-20/h6-7,14,17,22,24,31-32H,3-5,8-13,15-16H2,1-2H3. The Morgan fingerprint density at radius 2 is 1.91 bits per heavy atom. The predicted octanol–water partition coefficient (Wildman–Crippen LogP) is 3.17. The van der Waals surface area contributed by atoms with E-state index in [0.29, 0.717) is 30.6 Å². The maximum atomic E-state index is 10.9. The van der Waals surface area contributed by atoms with Crippen LogP contribution in [0.4, 0.5) is 0 Å². The second-order valence-electron chi connectivity index (χ2n) is 9.99. The minimum atomic E-state index is -0.721. The summed E-state index contributed by atoms with van der Waals surface area (Å²) in [5.41, 5.74) is 4.72. The largest absolute Gasteiger partial charge is 0.512 e. The Labute approximate surface area is 201 Å². The molecule has 1 fully saturated rings. The van der Waals surface area contributed by atoms with Gasteiger partial charge in [0.2, 0.25) is 0 Å². The first kappa shape index (κ1) is 23.3. The lowest BCUT2D eigenvalue weighted by Gasteiger charge is -2.31. The summed E-state index contributed by atoms with van der Waals surface area (Å²) in [6.45, 7) is 8.80. The van der Waals surface area contributed by atoms with Gasteiger partial charge in [-0.05, 0) is 60.4 Å². The van der Waals surface area contributed by atoms with Crippen LogP contribution in [-0.4, -0.2) is 75.4 Å². The molecule has 0 amide bonds. The second kappa shape index (κ2) is 10.1. The van der Waals surface area contributed by atoms with Gasteiger partial charge in [0.15, 0.2) is 0 Å². The number of ether oxygens (including phenoxy) is 2. The summed E-state index contributed by atoms with van der Waals surface area (Å²) < 4.78 is 13.6. The summed E-state index contributed by atoms with van der Waals surface area (Å²) in [7, 11) is 0. The molecule has 1 aliphatic heterocycles. The van der Waals surface area contributed by atoms with E-state index in [-0.39, 0.29) is 18.3 Å². The lowest BCUT2D eigenvalue weighted by molar-refractivity contribution is 0.0316. The highest BCUT2D eigenvalue weighted by Gasteiger charge is 2.35. The van der Waals surface area contributed by atoms with Gasteiger partial charge in [-0.25, -0.2) is 4.57 Å². The first-order valence-electron chi connectivity index (χ1n) is 12.6. The molecule has 5 rings (SSSR count). The van der Waals surface area contributed by atoms with Gasteiger partial charge in [-0.15, -0.1) is 5.10 Å². The van der Waals surface area contributed by atoms with E-state index in [9.17, 15) is 10.2 Å². The third kappa shape index (κ3) is 4.72. The number of allylic oxidation sites excluding steroid dienone is 1. The summed E-state index contributed by atoms with van der Waals surface area (Å²) in [6, 6.07) is 6.98. The zero-order valence-electron chi connectivity index (χ0n) is 20.2. The third-order valence-corrected chi connectivity index (χ3v) is 7.45. The number of nitrogens with zero attached hydrogens (tertiary/aromatic N) is 4. The summed E-state index contributed by atoms with van der Waals surface area (Å²) in [6.07, 6.45) is 3.45. The Morgan fingerprint density at radius 3 is 2.71 bits per heavy atom. The molecule has 0 bridgehead atoms. The maximum absolute atomic E-state index is 10.9. The van der Waals surface area contributed by atoms with Gasteiger partial charge >= 0.3 is 6.01 Å². The number of morpholine rings is 1. The number of rotatable bonds is 7. The Kier molecular flexibility index (Phi) is 6.90. The Hall–Kier alpha value is -2.42. The third-order valence-electron chi connectivity index (χ3n) is 7.45. The monoisotopic (exact) mass is 468 g/mol. The number of benzene rings is 1. The Balaban J connectivity index is 1.45. The van der Waals surface area contributed by atoms with Crippen molar-refractivity contribution in [3.8, 4) is 11.7 Å². The summed E-state index contributed by atoms with van der Waals surface area (Å²) >= 11 is 0. The SMILES string of the molecule is CC(C)C1=C(O)CC(O)C(c2nnc(OCCN3CCOCC3)n2-c2ccc3c(c2)CCC3)C1. The van der Waals surface area contributed by atoms with Crippen molar-refractivity contribution in [3.05, 3.63) is 46.5 Å². The molecule has 0 saturated carbocycles. The Bertz CT molecular complexity index is 1040. The fourth-order valence-electron chi connectivity index (χ4n) is 5.44. The fraction of sp³-hybridized carbons (Fsp3) is 0.615. The number of aromatic nitrogens is 3. The highest BCUT2D eigenvalue weighted by atomic mass is 16.5.